The number of para-hydroxylation sites is 1. The number of nitrogens with one attached hydrogen (secondary N) is 2. The number of benzene rings is 2. The molecule has 0 atom stereocenters. The number of aryl methyl sites for hydroxylation is 1. The van der Waals surface area contributed by atoms with Crippen LogP contribution in [-0.2, 0) is 21.3 Å². The van der Waals surface area contributed by atoms with Crippen LogP contribution < -0.4 is 5.32 Å². The summed E-state index contributed by atoms with van der Waals surface area (Å²) in [5.74, 6) is -0.396. The minimum Gasteiger partial charge on any atom is -0.379 e. The lowest BCUT2D eigenvalue weighted by molar-refractivity contribution is 0.0730. The summed E-state index contributed by atoms with van der Waals surface area (Å²) in [7, 11) is -3.66. The Hall–Kier alpha value is -3.14. The zero-order chi connectivity index (χ0) is 22.3. The van der Waals surface area contributed by atoms with Crippen molar-refractivity contribution in [3.05, 3.63) is 60.4 Å². The highest BCUT2D eigenvalue weighted by molar-refractivity contribution is 7.89. The van der Waals surface area contributed by atoms with Crippen LogP contribution in [0.5, 0.6) is 0 Å². The first-order chi connectivity index (χ1) is 15.5. The first-order valence-corrected chi connectivity index (χ1v) is 12.0. The minimum atomic E-state index is -3.66. The molecule has 3 heterocycles. The molecule has 166 valence electrons. The van der Waals surface area contributed by atoms with Crippen molar-refractivity contribution in [1.29, 1.82) is 0 Å². The highest BCUT2D eigenvalue weighted by Crippen LogP contribution is 2.31. The number of rotatable bonds is 5. The Morgan fingerprint density at radius 2 is 1.81 bits per heavy atom. The Morgan fingerprint density at radius 1 is 1.06 bits per heavy atom. The number of carbonyl (C=O) groups is 1. The van der Waals surface area contributed by atoms with E-state index in [1.807, 2.05) is 30.3 Å². The fourth-order valence-corrected chi connectivity index (χ4v) is 5.66. The van der Waals surface area contributed by atoms with E-state index in [2.05, 4.69) is 33.9 Å². The molecule has 0 radical (unpaired) electrons. The van der Waals surface area contributed by atoms with Crippen LogP contribution in [-0.4, -0.2) is 54.5 Å². The molecule has 0 aliphatic carbocycles. The zero-order valence-corrected chi connectivity index (χ0v) is 18.5. The van der Waals surface area contributed by atoms with Crippen molar-refractivity contribution in [2.75, 3.05) is 31.6 Å². The molecule has 32 heavy (non-hydrogen) atoms. The normalized spacial score (nSPS) is 15.4. The van der Waals surface area contributed by atoms with Gasteiger partial charge in [0.1, 0.15) is 10.6 Å². The third kappa shape index (κ3) is 3.48. The van der Waals surface area contributed by atoms with E-state index in [0.29, 0.717) is 32.0 Å². The molecule has 1 fully saturated rings. The number of H-pyrrole nitrogens is 1. The molecule has 0 spiro atoms. The van der Waals surface area contributed by atoms with Crippen molar-refractivity contribution in [1.82, 2.24) is 13.9 Å². The number of ether oxygens (including phenoxy) is 1. The monoisotopic (exact) mass is 452 g/mol. The predicted molar refractivity (Wildman–Crippen MR) is 123 cm³/mol. The smallest absolute Gasteiger partial charge is 0.272 e. The van der Waals surface area contributed by atoms with E-state index in [-0.39, 0.29) is 10.6 Å². The maximum atomic E-state index is 12.8. The van der Waals surface area contributed by atoms with Crippen molar-refractivity contribution >= 4 is 43.4 Å². The van der Waals surface area contributed by atoms with Crippen molar-refractivity contribution < 1.29 is 17.9 Å². The molecule has 0 bridgehead atoms. The quantitative estimate of drug-likeness (QED) is 0.485. The highest BCUT2D eigenvalue weighted by Gasteiger charge is 2.28. The van der Waals surface area contributed by atoms with Crippen LogP contribution in [0.3, 0.4) is 0 Å². The molecule has 9 heteroatoms. The molecule has 8 nitrogen and oxygen atoms in total. The van der Waals surface area contributed by atoms with Gasteiger partial charge in [-0.2, -0.15) is 4.31 Å². The van der Waals surface area contributed by atoms with Gasteiger partial charge in [0.05, 0.1) is 13.2 Å². The maximum Gasteiger partial charge on any atom is 0.272 e. The van der Waals surface area contributed by atoms with E-state index in [1.54, 1.807) is 0 Å². The summed E-state index contributed by atoms with van der Waals surface area (Å²) in [5.41, 5.74) is 3.09. The molecular formula is C23H24N4O4S. The van der Waals surface area contributed by atoms with Gasteiger partial charge in [-0.25, -0.2) is 8.42 Å². The number of morpholine rings is 1. The topological polar surface area (TPSA) is 96.4 Å². The van der Waals surface area contributed by atoms with Gasteiger partial charge in [-0.1, -0.05) is 18.2 Å². The predicted octanol–water partition coefficient (Wildman–Crippen LogP) is 3.42. The second kappa shape index (κ2) is 8.09. The van der Waals surface area contributed by atoms with E-state index >= 15 is 0 Å². The Morgan fingerprint density at radius 3 is 2.59 bits per heavy atom. The fourth-order valence-electron chi connectivity index (χ4n) is 4.26. The van der Waals surface area contributed by atoms with E-state index in [4.69, 9.17) is 4.74 Å². The molecule has 5 rings (SSSR count). The minimum absolute atomic E-state index is 0.0750. The third-order valence-electron chi connectivity index (χ3n) is 5.86. The maximum absolute atomic E-state index is 12.8. The number of aromatic nitrogens is 2. The molecule has 2 aromatic carbocycles. The van der Waals surface area contributed by atoms with Gasteiger partial charge >= 0.3 is 0 Å². The van der Waals surface area contributed by atoms with Crippen molar-refractivity contribution in [3.63, 3.8) is 0 Å². The van der Waals surface area contributed by atoms with E-state index in [9.17, 15) is 13.2 Å². The van der Waals surface area contributed by atoms with Gasteiger partial charge in [-0.3, -0.25) is 4.79 Å². The van der Waals surface area contributed by atoms with Crippen LogP contribution in [0.4, 0.5) is 5.69 Å². The number of hydrogen-bond acceptors (Lipinski definition) is 4. The van der Waals surface area contributed by atoms with E-state index < -0.39 is 15.9 Å². The van der Waals surface area contributed by atoms with Gasteiger partial charge in [0.15, 0.2) is 0 Å². The Balaban J connectivity index is 1.41. The summed E-state index contributed by atoms with van der Waals surface area (Å²) in [5, 5.41) is 5.06. The SMILES string of the molecule is CCn1c2ccccc2c2cc(NC(=O)c3cc(S(=O)(=O)N4CCOCC4)c[nH]3)ccc21. The largest absolute Gasteiger partial charge is 0.379 e. The number of nitrogens with zero attached hydrogens (tertiary/aromatic N) is 2. The number of amides is 1. The second-order valence-electron chi connectivity index (χ2n) is 7.71. The first-order valence-electron chi connectivity index (χ1n) is 10.6. The average molecular weight is 453 g/mol. The average Bonchev–Trinajstić information content (AvgIpc) is 3.43. The molecule has 1 amide bonds. The summed E-state index contributed by atoms with van der Waals surface area (Å²) in [6, 6.07) is 15.4. The Bertz CT molecular complexity index is 1410. The lowest BCUT2D eigenvalue weighted by atomic mass is 10.1. The molecule has 0 unspecified atom stereocenters. The summed E-state index contributed by atoms with van der Waals surface area (Å²) < 4.78 is 34.4. The van der Waals surface area contributed by atoms with Gasteiger partial charge in [-0.15, -0.1) is 0 Å². The van der Waals surface area contributed by atoms with Gasteiger partial charge in [0.2, 0.25) is 10.0 Å². The molecule has 2 aromatic heterocycles. The molecule has 2 N–H and O–H groups in total. The van der Waals surface area contributed by atoms with Gasteiger partial charge in [-0.05, 0) is 37.3 Å². The van der Waals surface area contributed by atoms with Crippen LogP contribution in [0.25, 0.3) is 21.8 Å². The first kappa shape index (κ1) is 20.7. The number of carbonyl (C=O) groups excluding carboxylic acids is 1. The molecular weight excluding hydrogens is 428 g/mol. The summed E-state index contributed by atoms with van der Waals surface area (Å²) >= 11 is 0. The summed E-state index contributed by atoms with van der Waals surface area (Å²) in [4.78, 5) is 15.7. The number of sulfonamides is 1. The molecule has 1 aliphatic rings. The standard InChI is InChI=1S/C23H24N4O4S/c1-2-27-21-6-4-3-5-18(21)19-13-16(7-8-22(19)27)25-23(28)20-14-17(15-24-20)32(29,30)26-9-11-31-12-10-26/h3-8,13-15,24H,2,9-12H2,1H3,(H,25,28). The van der Waals surface area contributed by atoms with Crippen LogP contribution in [0, 0.1) is 0 Å². The highest BCUT2D eigenvalue weighted by atomic mass is 32.2. The summed E-state index contributed by atoms with van der Waals surface area (Å²) in [6.07, 6.45) is 1.36. The third-order valence-corrected chi connectivity index (χ3v) is 7.73. The van der Waals surface area contributed by atoms with Crippen molar-refractivity contribution in [2.45, 2.75) is 18.4 Å². The van der Waals surface area contributed by atoms with Crippen LogP contribution in [0.1, 0.15) is 17.4 Å². The van der Waals surface area contributed by atoms with Crippen LogP contribution >= 0.6 is 0 Å². The molecule has 1 saturated heterocycles. The fraction of sp³-hybridized carbons (Fsp3) is 0.261. The Labute approximate surface area is 185 Å². The van der Waals surface area contributed by atoms with Crippen LogP contribution in [0.2, 0.25) is 0 Å². The number of fused-ring (bicyclic) bond motifs is 3. The zero-order valence-electron chi connectivity index (χ0n) is 17.7. The number of hydrogen-bond donors (Lipinski definition) is 2. The molecule has 0 saturated carbocycles. The van der Waals surface area contributed by atoms with E-state index in [1.165, 1.54) is 16.6 Å². The number of anilines is 1. The summed E-state index contributed by atoms with van der Waals surface area (Å²) in [6.45, 7) is 4.30. The Kier molecular flexibility index (Phi) is 5.24. The van der Waals surface area contributed by atoms with Crippen molar-refractivity contribution in [3.8, 4) is 0 Å². The van der Waals surface area contributed by atoms with Gasteiger partial charge < -0.3 is 19.6 Å². The lowest BCUT2D eigenvalue weighted by Crippen LogP contribution is -2.40. The van der Waals surface area contributed by atoms with Crippen molar-refractivity contribution in [2.24, 2.45) is 0 Å². The molecule has 4 aromatic rings. The second-order valence-corrected chi connectivity index (χ2v) is 9.65. The number of aromatic amines is 1. The van der Waals surface area contributed by atoms with E-state index in [0.717, 1.165) is 28.4 Å². The lowest BCUT2D eigenvalue weighted by Gasteiger charge is -2.25. The molecule has 1 aliphatic heterocycles. The van der Waals surface area contributed by atoms with Gasteiger partial charge in [0, 0.05) is 53.3 Å². The van der Waals surface area contributed by atoms with Gasteiger partial charge in [0.25, 0.3) is 5.91 Å². The van der Waals surface area contributed by atoms with Crippen LogP contribution in [0.15, 0.2) is 59.6 Å².